The number of amides is 2. The summed E-state index contributed by atoms with van der Waals surface area (Å²) < 4.78 is 5.01. The summed E-state index contributed by atoms with van der Waals surface area (Å²) in [6.07, 6.45) is 1.15. The molecule has 2 rings (SSSR count). The Morgan fingerprint density at radius 1 is 1.35 bits per heavy atom. The van der Waals surface area contributed by atoms with Crippen LogP contribution in [0.5, 0.6) is 0 Å². The molecule has 0 aromatic carbocycles. The van der Waals surface area contributed by atoms with Gasteiger partial charge in [0, 0.05) is 29.6 Å². The molecule has 0 aliphatic carbocycles. The second kappa shape index (κ2) is 8.93. The van der Waals surface area contributed by atoms with Crippen molar-refractivity contribution in [3.05, 3.63) is 22.4 Å². The lowest BCUT2D eigenvalue weighted by molar-refractivity contribution is -0.150. The number of thioether (sulfide) groups is 1. The van der Waals surface area contributed by atoms with Crippen LogP contribution in [-0.2, 0) is 24.9 Å². The van der Waals surface area contributed by atoms with E-state index in [9.17, 15) is 14.4 Å². The maximum atomic E-state index is 12.0. The topological polar surface area (TPSA) is 89.7 Å². The van der Waals surface area contributed by atoms with Crippen molar-refractivity contribution in [3.8, 4) is 0 Å². The molecule has 1 saturated heterocycles. The number of ether oxygens (including phenoxy) is 1. The van der Waals surface area contributed by atoms with Crippen LogP contribution in [0.1, 0.15) is 17.7 Å². The number of carbonyl (C=O) groups excluding carboxylic acids is 3. The molecular weight excluding hydrogens is 336 g/mol. The number of piperidine rings is 1. The largest absolute Gasteiger partial charge is 0.455 e. The van der Waals surface area contributed by atoms with E-state index >= 15 is 0 Å². The van der Waals surface area contributed by atoms with Gasteiger partial charge in [-0.2, -0.15) is 0 Å². The fourth-order valence-corrected chi connectivity index (χ4v) is 3.98. The molecule has 23 heavy (non-hydrogen) atoms. The first-order chi connectivity index (χ1) is 11.1. The van der Waals surface area contributed by atoms with E-state index in [4.69, 9.17) is 10.5 Å². The van der Waals surface area contributed by atoms with Crippen LogP contribution in [0, 0.1) is 5.92 Å². The summed E-state index contributed by atoms with van der Waals surface area (Å²) in [5, 5.41) is 1.99. The Bertz CT molecular complexity index is 540. The van der Waals surface area contributed by atoms with E-state index < -0.39 is 0 Å². The zero-order valence-corrected chi connectivity index (χ0v) is 14.4. The number of esters is 1. The Morgan fingerprint density at radius 2 is 2.09 bits per heavy atom. The van der Waals surface area contributed by atoms with Crippen LogP contribution in [0.3, 0.4) is 0 Å². The van der Waals surface area contributed by atoms with Gasteiger partial charge in [-0.15, -0.1) is 23.1 Å². The summed E-state index contributed by atoms with van der Waals surface area (Å²) in [7, 11) is 0. The van der Waals surface area contributed by atoms with Crippen molar-refractivity contribution in [2.24, 2.45) is 11.7 Å². The molecule has 0 atom stereocenters. The highest BCUT2D eigenvalue weighted by Gasteiger charge is 2.26. The Hall–Kier alpha value is -1.54. The van der Waals surface area contributed by atoms with Gasteiger partial charge >= 0.3 is 5.97 Å². The number of nitrogens with two attached hydrogens (primary N) is 1. The second-order valence-corrected chi connectivity index (χ2v) is 7.31. The van der Waals surface area contributed by atoms with Crippen molar-refractivity contribution >= 4 is 40.9 Å². The summed E-state index contributed by atoms with van der Waals surface area (Å²) in [6, 6.07) is 3.99. The number of hydrogen-bond donors (Lipinski definition) is 1. The first-order valence-electron chi connectivity index (χ1n) is 7.39. The number of primary amides is 1. The Morgan fingerprint density at radius 3 is 2.70 bits per heavy atom. The highest BCUT2D eigenvalue weighted by molar-refractivity contribution is 7.99. The van der Waals surface area contributed by atoms with E-state index in [1.165, 1.54) is 16.6 Å². The number of thiophene rings is 1. The Labute approximate surface area is 143 Å². The first kappa shape index (κ1) is 17.8. The number of carbonyl (C=O) groups is 3. The summed E-state index contributed by atoms with van der Waals surface area (Å²) in [5.41, 5.74) is 5.26. The smallest absolute Gasteiger partial charge is 0.316 e. The normalized spacial score (nSPS) is 15.4. The molecule has 0 spiro atoms. The van der Waals surface area contributed by atoms with Crippen LogP contribution in [0.15, 0.2) is 17.5 Å². The number of likely N-dealkylation sites (tertiary alicyclic amines) is 1. The van der Waals surface area contributed by atoms with Crippen LogP contribution in [0.4, 0.5) is 0 Å². The van der Waals surface area contributed by atoms with Crippen LogP contribution < -0.4 is 5.73 Å². The molecule has 1 aliphatic rings. The molecule has 1 fully saturated rings. The minimum Gasteiger partial charge on any atom is -0.455 e. The van der Waals surface area contributed by atoms with Gasteiger partial charge in [0.2, 0.25) is 5.91 Å². The Balaban J connectivity index is 1.60. The maximum Gasteiger partial charge on any atom is 0.316 e. The number of nitrogens with zero attached hydrogens (tertiary/aromatic N) is 1. The molecule has 8 heteroatoms. The fraction of sp³-hybridized carbons (Fsp3) is 0.533. The van der Waals surface area contributed by atoms with Crippen LogP contribution in [-0.4, -0.2) is 48.1 Å². The molecule has 126 valence electrons. The van der Waals surface area contributed by atoms with E-state index in [1.807, 2.05) is 17.5 Å². The Kier molecular flexibility index (Phi) is 6.91. The van der Waals surface area contributed by atoms with E-state index in [0.717, 1.165) is 5.75 Å². The molecule has 0 bridgehead atoms. The summed E-state index contributed by atoms with van der Waals surface area (Å²) in [6.45, 7) is 0.730. The quantitative estimate of drug-likeness (QED) is 0.743. The average molecular weight is 356 g/mol. The van der Waals surface area contributed by atoms with Gasteiger partial charge in [-0.05, 0) is 24.3 Å². The van der Waals surface area contributed by atoms with Crippen LogP contribution in [0.2, 0.25) is 0 Å². The van der Waals surface area contributed by atoms with E-state index in [-0.39, 0.29) is 36.1 Å². The molecule has 0 radical (unpaired) electrons. The van der Waals surface area contributed by atoms with Gasteiger partial charge in [0.1, 0.15) is 0 Å². The third-order valence-electron chi connectivity index (χ3n) is 3.65. The van der Waals surface area contributed by atoms with E-state index in [0.29, 0.717) is 25.9 Å². The summed E-state index contributed by atoms with van der Waals surface area (Å²) in [4.78, 5) is 37.5. The lowest BCUT2D eigenvalue weighted by Crippen LogP contribution is -2.43. The van der Waals surface area contributed by atoms with Crippen molar-refractivity contribution in [3.63, 3.8) is 0 Å². The molecule has 0 saturated carbocycles. The lowest BCUT2D eigenvalue weighted by Gasteiger charge is -2.30. The molecule has 2 heterocycles. The molecule has 1 aliphatic heterocycles. The molecule has 2 N–H and O–H groups in total. The standard InChI is InChI=1S/C15H20N2O4S2/c16-15(20)11-3-5-17(6-4-11)13(18)8-21-14(19)10-22-9-12-2-1-7-23-12/h1-2,7,11H,3-6,8-10H2,(H2,16,20). The highest BCUT2D eigenvalue weighted by atomic mass is 32.2. The second-order valence-electron chi connectivity index (χ2n) is 5.29. The van der Waals surface area contributed by atoms with E-state index in [2.05, 4.69) is 0 Å². The van der Waals surface area contributed by atoms with E-state index in [1.54, 1.807) is 16.2 Å². The third-order valence-corrected chi connectivity index (χ3v) is 5.67. The molecule has 1 aromatic rings. The predicted octanol–water partition coefficient (Wildman–Crippen LogP) is 1.25. The van der Waals surface area contributed by atoms with Crippen molar-refractivity contribution in [2.45, 2.75) is 18.6 Å². The first-order valence-corrected chi connectivity index (χ1v) is 9.42. The van der Waals surface area contributed by atoms with Gasteiger partial charge in [0.25, 0.3) is 5.91 Å². The number of rotatable bonds is 7. The van der Waals surface area contributed by atoms with Gasteiger partial charge in [-0.1, -0.05) is 6.07 Å². The van der Waals surface area contributed by atoms with Gasteiger partial charge in [0.05, 0.1) is 5.75 Å². The van der Waals surface area contributed by atoms with Gasteiger partial charge in [-0.3, -0.25) is 14.4 Å². The molecule has 1 aromatic heterocycles. The SMILES string of the molecule is NC(=O)C1CCN(C(=O)COC(=O)CSCc2cccs2)CC1. The van der Waals surface area contributed by atoms with Crippen LogP contribution >= 0.6 is 23.1 Å². The molecule has 0 unspecified atom stereocenters. The zero-order valence-electron chi connectivity index (χ0n) is 12.7. The minimum atomic E-state index is -0.382. The minimum absolute atomic E-state index is 0.157. The fourth-order valence-electron chi connectivity index (χ4n) is 2.32. The monoisotopic (exact) mass is 356 g/mol. The third kappa shape index (κ3) is 5.87. The predicted molar refractivity (Wildman–Crippen MR) is 89.9 cm³/mol. The number of hydrogen-bond acceptors (Lipinski definition) is 6. The van der Waals surface area contributed by atoms with Gasteiger partial charge < -0.3 is 15.4 Å². The zero-order chi connectivity index (χ0) is 16.7. The van der Waals surface area contributed by atoms with Crippen molar-refractivity contribution in [1.29, 1.82) is 0 Å². The summed E-state index contributed by atoms with van der Waals surface area (Å²) >= 11 is 3.12. The lowest BCUT2D eigenvalue weighted by atomic mass is 9.96. The van der Waals surface area contributed by atoms with Crippen LogP contribution in [0.25, 0.3) is 0 Å². The van der Waals surface area contributed by atoms with Crippen molar-refractivity contribution < 1.29 is 19.1 Å². The highest BCUT2D eigenvalue weighted by Crippen LogP contribution is 2.18. The maximum absolute atomic E-state index is 12.0. The van der Waals surface area contributed by atoms with Crippen molar-refractivity contribution in [1.82, 2.24) is 4.90 Å². The van der Waals surface area contributed by atoms with Crippen molar-refractivity contribution in [2.75, 3.05) is 25.4 Å². The van der Waals surface area contributed by atoms with Gasteiger partial charge in [0.15, 0.2) is 6.61 Å². The summed E-state index contributed by atoms with van der Waals surface area (Å²) in [5.74, 6) is -0.0750. The molecular formula is C15H20N2O4S2. The van der Waals surface area contributed by atoms with Gasteiger partial charge in [-0.25, -0.2) is 0 Å². The molecule has 6 nitrogen and oxygen atoms in total. The average Bonchev–Trinajstić information content (AvgIpc) is 3.06. The molecule has 2 amide bonds.